The quantitative estimate of drug-likeness (QED) is 0.536. The summed E-state index contributed by atoms with van der Waals surface area (Å²) >= 11 is 0. The molecule has 1 saturated carbocycles. The zero-order chi connectivity index (χ0) is 13.4. The van der Waals surface area contributed by atoms with Crippen LogP contribution in [0.4, 0.5) is 0 Å². The van der Waals surface area contributed by atoms with Crippen LogP contribution in [-0.2, 0) is 9.57 Å². The molecular weight excluding hydrogens is 240 g/mol. The number of aliphatic imine (C=N–C) groups is 1. The lowest BCUT2D eigenvalue weighted by molar-refractivity contribution is -0.117. The van der Waals surface area contributed by atoms with Gasteiger partial charge in [0.05, 0.1) is 19.3 Å². The molecular formula is C11H20N2O5. The number of rotatable bonds is 2. The summed E-state index contributed by atoms with van der Waals surface area (Å²) < 4.78 is 5.59. The van der Waals surface area contributed by atoms with Crippen molar-refractivity contribution in [2.75, 3.05) is 14.2 Å². The third-order valence-electron chi connectivity index (χ3n) is 3.70. The molecule has 1 aliphatic carbocycles. The Morgan fingerprint density at radius 1 is 1.44 bits per heavy atom. The van der Waals surface area contributed by atoms with Crippen LogP contribution in [0.5, 0.6) is 0 Å². The van der Waals surface area contributed by atoms with E-state index in [1.54, 1.807) is 14.0 Å². The lowest BCUT2D eigenvalue weighted by Gasteiger charge is -2.38. The summed E-state index contributed by atoms with van der Waals surface area (Å²) in [5.41, 5.74) is 0. The summed E-state index contributed by atoms with van der Waals surface area (Å²) in [5, 5.41) is 31.0. The summed E-state index contributed by atoms with van der Waals surface area (Å²) in [5.74, 6) is -0.413. The molecule has 7 heteroatoms. The summed E-state index contributed by atoms with van der Waals surface area (Å²) in [6.07, 6.45) is -2.62. The van der Waals surface area contributed by atoms with Crippen LogP contribution in [-0.4, -0.2) is 71.0 Å². The highest BCUT2D eigenvalue weighted by Gasteiger charge is 2.49. The van der Waals surface area contributed by atoms with Crippen molar-refractivity contribution in [2.45, 2.75) is 43.8 Å². The molecule has 2 aliphatic rings. The molecule has 0 bridgehead atoms. The standard InChI is InChI=1S/C11H20N2O5/c1-5(14)6-4-7-8(10(16)9(6)15)12-11(18-7)13(2)17-3/h5-10,14-16H,4H2,1-3H3/t5-,6+,7-,8-,9+,10+/m0/s1. The number of aliphatic hydroxyl groups is 3. The molecule has 3 N–H and O–H groups in total. The van der Waals surface area contributed by atoms with Crippen molar-refractivity contribution >= 4 is 6.02 Å². The highest BCUT2D eigenvalue weighted by Crippen LogP contribution is 2.35. The van der Waals surface area contributed by atoms with E-state index in [0.29, 0.717) is 6.42 Å². The molecule has 0 aromatic rings. The van der Waals surface area contributed by atoms with E-state index < -0.39 is 30.3 Å². The maximum absolute atomic E-state index is 10.0. The molecule has 0 unspecified atom stereocenters. The second kappa shape index (κ2) is 5.00. The fourth-order valence-corrected chi connectivity index (χ4v) is 2.51. The van der Waals surface area contributed by atoms with Crippen LogP contribution < -0.4 is 0 Å². The predicted octanol–water partition coefficient (Wildman–Crippen LogP) is -1.27. The van der Waals surface area contributed by atoms with Crippen molar-refractivity contribution in [2.24, 2.45) is 10.9 Å². The Hall–Kier alpha value is -0.890. The van der Waals surface area contributed by atoms with Crippen LogP contribution in [0.2, 0.25) is 0 Å². The average Bonchev–Trinajstić information content (AvgIpc) is 2.76. The van der Waals surface area contributed by atoms with Crippen molar-refractivity contribution in [3.05, 3.63) is 0 Å². The molecule has 1 heterocycles. The zero-order valence-corrected chi connectivity index (χ0v) is 10.7. The van der Waals surface area contributed by atoms with Crippen molar-refractivity contribution < 1.29 is 24.9 Å². The van der Waals surface area contributed by atoms with Crippen LogP contribution >= 0.6 is 0 Å². The topological polar surface area (TPSA) is 94.8 Å². The number of nitrogens with zero attached hydrogens (tertiary/aromatic N) is 2. The van der Waals surface area contributed by atoms with E-state index in [4.69, 9.17) is 9.57 Å². The first kappa shape index (κ1) is 13.5. The van der Waals surface area contributed by atoms with Gasteiger partial charge in [-0.2, -0.15) is 0 Å². The molecule has 18 heavy (non-hydrogen) atoms. The van der Waals surface area contributed by atoms with E-state index in [1.807, 2.05) is 0 Å². The Balaban J connectivity index is 2.13. The molecule has 7 nitrogen and oxygen atoms in total. The normalized spacial score (nSPS) is 40.8. The third kappa shape index (κ3) is 2.18. The van der Waals surface area contributed by atoms with Gasteiger partial charge in [-0.1, -0.05) is 0 Å². The second-order valence-electron chi connectivity index (χ2n) is 4.86. The van der Waals surface area contributed by atoms with E-state index in [-0.39, 0.29) is 12.1 Å². The van der Waals surface area contributed by atoms with Crippen LogP contribution in [0, 0.1) is 5.92 Å². The van der Waals surface area contributed by atoms with Gasteiger partial charge in [0, 0.05) is 13.0 Å². The van der Waals surface area contributed by atoms with Gasteiger partial charge in [-0.25, -0.2) is 10.1 Å². The number of fused-ring (bicyclic) bond motifs is 1. The minimum atomic E-state index is -1.04. The van der Waals surface area contributed by atoms with E-state index in [0.717, 1.165) is 0 Å². The summed E-state index contributed by atoms with van der Waals surface area (Å²) in [7, 11) is 3.13. The van der Waals surface area contributed by atoms with Gasteiger partial charge in [0.1, 0.15) is 18.2 Å². The summed E-state index contributed by atoms with van der Waals surface area (Å²) in [6, 6.07) is -0.229. The number of aliphatic hydroxyl groups excluding tert-OH is 3. The number of amidine groups is 1. The van der Waals surface area contributed by atoms with Crippen molar-refractivity contribution in [1.82, 2.24) is 5.06 Å². The highest BCUT2D eigenvalue weighted by molar-refractivity contribution is 5.74. The molecule has 2 rings (SSSR count). The Morgan fingerprint density at radius 2 is 2.11 bits per heavy atom. The molecule has 0 radical (unpaired) electrons. The molecule has 0 aromatic heterocycles. The van der Waals surface area contributed by atoms with Gasteiger partial charge >= 0.3 is 6.02 Å². The number of hydrogen-bond acceptors (Lipinski definition) is 7. The van der Waals surface area contributed by atoms with E-state index in [2.05, 4.69) is 4.99 Å². The van der Waals surface area contributed by atoms with Crippen LogP contribution in [0.3, 0.4) is 0 Å². The Morgan fingerprint density at radius 3 is 2.67 bits per heavy atom. The lowest BCUT2D eigenvalue weighted by Crippen LogP contribution is -2.54. The van der Waals surface area contributed by atoms with E-state index in [1.165, 1.54) is 12.2 Å². The van der Waals surface area contributed by atoms with Crippen molar-refractivity contribution in [1.29, 1.82) is 0 Å². The van der Waals surface area contributed by atoms with Crippen molar-refractivity contribution in [3.8, 4) is 0 Å². The highest BCUT2D eigenvalue weighted by atomic mass is 16.7. The number of hydroxylamine groups is 2. The second-order valence-corrected chi connectivity index (χ2v) is 4.86. The fourth-order valence-electron chi connectivity index (χ4n) is 2.51. The minimum absolute atomic E-state index is 0.282. The fraction of sp³-hybridized carbons (Fsp3) is 0.909. The van der Waals surface area contributed by atoms with Gasteiger partial charge in [0.2, 0.25) is 0 Å². The molecule has 1 fully saturated rings. The molecule has 0 amide bonds. The average molecular weight is 260 g/mol. The van der Waals surface area contributed by atoms with Gasteiger partial charge in [-0.3, -0.25) is 4.84 Å². The maximum Gasteiger partial charge on any atom is 0.312 e. The van der Waals surface area contributed by atoms with Crippen LogP contribution in [0.25, 0.3) is 0 Å². The largest absolute Gasteiger partial charge is 0.458 e. The Labute approximate surface area is 106 Å². The first-order valence-corrected chi connectivity index (χ1v) is 6.02. The Kier molecular flexibility index (Phi) is 3.76. The van der Waals surface area contributed by atoms with Gasteiger partial charge in [-0.05, 0) is 13.3 Å². The Bertz CT molecular complexity index is 335. The zero-order valence-electron chi connectivity index (χ0n) is 10.7. The monoisotopic (exact) mass is 260 g/mol. The smallest absolute Gasteiger partial charge is 0.312 e. The summed E-state index contributed by atoms with van der Waals surface area (Å²) in [6.45, 7) is 1.60. The lowest BCUT2D eigenvalue weighted by atomic mass is 9.77. The molecule has 0 spiro atoms. The van der Waals surface area contributed by atoms with Crippen LogP contribution in [0.15, 0.2) is 4.99 Å². The third-order valence-corrected chi connectivity index (χ3v) is 3.70. The first-order chi connectivity index (χ1) is 8.45. The van der Waals surface area contributed by atoms with E-state index in [9.17, 15) is 15.3 Å². The SMILES string of the molecule is CON(C)C1=N[C@@H]2[C@@H](O)[C@H](O)[C@@H]([C@H](C)O)C[C@@H]2O1. The van der Waals surface area contributed by atoms with Gasteiger partial charge < -0.3 is 20.1 Å². The number of hydrogen-bond donors (Lipinski definition) is 3. The number of ether oxygens (including phenoxy) is 1. The van der Waals surface area contributed by atoms with Crippen molar-refractivity contribution in [3.63, 3.8) is 0 Å². The van der Waals surface area contributed by atoms with Gasteiger partial charge in [0.15, 0.2) is 0 Å². The minimum Gasteiger partial charge on any atom is -0.458 e. The maximum atomic E-state index is 10.0. The molecule has 0 aromatic carbocycles. The van der Waals surface area contributed by atoms with E-state index >= 15 is 0 Å². The molecule has 104 valence electrons. The summed E-state index contributed by atoms with van der Waals surface area (Å²) in [4.78, 5) is 9.17. The molecule has 0 saturated heterocycles. The van der Waals surface area contributed by atoms with Gasteiger partial charge in [0.25, 0.3) is 0 Å². The molecule has 1 aliphatic heterocycles. The predicted molar refractivity (Wildman–Crippen MR) is 62.7 cm³/mol. The van der Waals surface area contributed by atoms with Gasteiger partial charge in [-0.15, -0.1) is 0 Å². The van der Waals surface area contributed by atoms with Crippen LogP contribution in [0.1, 0.15) is 13.3 Å². The molecule has 6 atom stereocenters. The first-order valence-electron chi connectivity index (χ1n) is 6.02.